The van der Waals surface area contributed by atoms with Crippen LogP contribution >= 0.6 is 11.6 Å². The van der Waals surface area contributed by atoms with E-state index in [4.69, 9.17) is 11.6 Å². The number of nitrogens with zero attached hydrogens (tertiary/aromatic N) is 1. The molecule has 1 saturated heterocycles. The summed E-state index contributed by atoms with van der Waals surface area (Å²) < 4.78 is 0. The molecule has 3 amide bonds. The van der Waals surface area contributed by atoms with Crippen molar-refractivity contribution in [3.05, 3.63) is 29.3 Å². The molecule has 3 rings (SSSR count). The number of anilines is 1. The number of para-hydroxylation sites is 1. The fourth-order valence-corrected chi connectivity index (χ4v) is 3.62. The number of hydrogen-bond acceptors (Lipinski definition) is 3. The Morgan fingerprint density at radius 1 is 1.13 bits per heavy atom. The van der Waals surface area contributed by atoms with E-state index in [-0.39, 0.29) is 42.5 Å². The highest BCUT2D eigenvalue weighted by Gasteiger charge is 2.47. The Labute approximate surface area is 140 Å². The largest absolute Gasteiger partial charge is 0.325 e. The van der Waals surface area contributed by atoms with Gasteiger partial charge < -0.3 is 5.32 Å². The van der Waals surface area contributed by atoms with Crippen LogP contribution in [0.4, 0.5) is 5.69 Å². The highest BCUT2D eigenvalue weighted by atomic mass is 35.5. The summed E-state index contributed by atoms with van der Waals surface area (Å²) in [4.78, 5) is 38.0. The van der Waals surface area contributed by atoms with Gasteiger partial charge in [0.15, 0.2) is 0 Å². The zero-order valence-electron chi connectivity index (χ0n) is 12.8. The van der Waals surface area contributed by atoms with Crippen molar-refractivity contribution in [2.75, 3.05) is 11.9 Å². The molecule has 2 fully saturated rings. The minimum atomic E-state index is -0.256. The van der Waals surface area contributed by atoms with Crippen LogP contribution < -0.4 is 5.32 Å². The van der Waals surface area contributed by atoms with E-state index in [2.05, 4.69) is 5.32 Å². The average molecular weight is 335 g/mol. The summed E-state index contributed by atoms with van der Waals surface area (Å²) in [5, 5.41) is 3.16. The van der Waals surface area contributed by atoms with Crippen LogP contribution in [0.25, 0.3) is 0 Å². The molecule has 0 radical (unpaired) electrons. The van der Waals surface area contributed by atoms with E-state index >= 15 is 0 Å². The molecule has 2 atom stereocenters. The lowest BCUT2D eigenvalue weighted by Gasteiger charge is -2.19. The van der Waals surface area contributed by atoms with E-state index in [0.29, 0.717) is 10.7 Å². The van der Waals surface area contributed by atoms with E-state index in [1.54, 1.807) is 24.3 Å². The first-order valence-corrected chi connectivity index (χ1v) is 8.35. The van der Waals surface area contributed by atoms with Crippen molar-refractivity contribution in [1.29, 1.82) is 0 Å². The number of fused-ring (bicyclic) bond motifs is 1. The SMILES string of the molecule is O=C(CCN1C(=O)C2CCCCC2C1=O)Nc1ccccc1Cl. The van der Waals surface area contributed by atoms with Gasteiger partial charge in [-0.1, -0.05) is 36.6 Å². The first kappa shape index (κ1) is 16.0. The summed E-state index contributed by atoms with van der Waals surface area (Å²) in [6.07, 6.45) is 3.67. The standard InChI is InChI=1S/C17H19ClN2O3/c18-13-7-3-4-8-14(13)19-15(21)9-10-20-16(22)11-5-1-2-6-12(11)17(20)23/h3-4,7-8,11-12H,1-2,5-6,9-10H2,(H,19,21). The minimum Gasteiger partial charge on any atom is -0.325 e. The first-order chi connectivity index (χ1) is 11.1. The molecule has 6 heteroatoms. The summed E-state index contributed by atoms with van der Waals surface area (Å²) in [6, 6.07) is 6.96. The molecule has 1 heterocycles. The van der Waals surface area contributed by atoms with Crippen molar-refractivity contribution in [3.8, 4) is 0 Å². The second-order valence-corrected chi connectivity index (χ2v) is 6.51. The average Bonchev–Trinajstić information content (AvgIpc) is 2.80. The molecule has 1 saturated carbocycles. The number of halogens is 1. The van der Waals surface area contributed by atoms with Gasteiger partial charge in [0.2, 0.25) is 17.7 Å². The van der Waals surface area contributed by atoms with Gasteiger partial charge in [0.05, 0.1) is 22.5 Å². The fraction of sp³-hybridized carbons (Fsp3) is 0.471. The van der Waals surface area contributed by atoms with Crippen LogP contribution in [0.15, 0.2) is 24.3 Å². The van der Waals surface area contributed by atoms with E-state index in [1.807, 2.05) is 0 Å². The lowest BCUT2D eigenvalue weighted by molar-refractivity contribution is -0.140. The maximum atomic E-state index is 12.3. The van der Waals surface area contributed by atoms with Crippen molar-refractivity contribution in [2.24, 2.45) is 11.8 Å². The molecule has 5 nitrogen and oxygen atoms in total. The van der Waals surface area contributed by atoms with Crippen LogP contribution in [0, 0.1) is 11.8 Å². The van der Waals surface area contributed by atoms with Gasteiger partial charge in [-0.3, -0.25) is 19.3 Å². The Morgan fingerprint density at radius 2 is 1.74 bits per heavy atom. The number of hydrogen-bond donors (Lipinski definition) is 1. The molecule has 122 valence electrons. The molecule has 1 aliphatic heterocycles. The van der Waals surface area contributed by atoms with Gasteiger partial charge >= 0.3 is 0 Å². The predicted molar refractivity (Wildman–Crippen MR) is 86.9 cm³/mol. The Morgan fingerprint density at radius 3 is 2.35 bits per heavy atom. The lowest BCUT2D eigenvalue weighted by Crippen LogP contribution is -2.34. The molecule has 1 aromatic carbocycles. The smallest absolute Gasteiger partial charge is 0.233 e. The normalized spacial score (nSPS) is 23.8. The van der Waals surface area contributed by atoms with Crippen LogP contribution in [-0.2, 0) is 14.4 Å². The highest BCUT2D eigenvalue weighted by Crippen LogP contribution is 2.38. The third-order valence-electron chi connectivity index (χ3n) is 4.64. The monoisotopic (exact) mass is 334 g/mol. The number of benzene rings is 1. The molecule has 0 bridgehead atoms. The van der Waals surface area contributed by atoms with E-state index < -0.39 is 0 Å². The highest BCUT2D eigenvalue weighted by molar-refractivity contribution is 6.33. The lowest BCUT2D eigenvalue weighted by atomic mass is 9.81. The molecular formula is C17H19ClN2O3. The Hall–Kier alpha value is -1.88. The molecule has 0 aromatic heterocycles. The number of likely N-dealkylation sites (tertiary alicyclic amines) is 1. The zero-order valence-corrected chi connectivity index (χ0v) is 13.5. The first-order valence-electron chi connectivity index (χ1n) is 7.97. The van der Waals surface area contributed by atoms with Gasteiger partial charge in [0.25, 0.3) is 0 Å². The van der Waals surface area contributed by atoms with E-state index in [1.165, 1.54) is 4.90 Å². The molecular weight excluding hydrogens is 316 g/mol. The van der Waals surface area contributed by atoms with Crippen molar-refractivity contribution in [3.63, 3.8) is 0 Å². The summed E-state index contributed by atoms with van der Waals surface area (Å²) in [6.45, 7) is 0.140. The summed E-state index contributed by atoms with van der Waals surface area (Å²) in [5.41, 5.74) is 0.534. The summed E-state index contributed by atoms with van der Waals surface area (Å²) in [5.74, 6) is -0.796. The van der Waals surface area contributed by atoms with Gasteiger partial charge in [-0.2, -0.15) is 0 Å². The molecule has 1 aromatic rings. The maximum Gasteiger partial charge on any atom is 0.233 e. The molecule has 1 N–H and O–H groups in total. The van der Waals surface area contributed by atoms with Crippen molar-refractivity contribution < 1.29 is 14.4 Å². The van der Waals surface area contributed by atoms with Crippen molar-refractivity contribution in [1.82, 2.24) is 4.90 Å². The van der Waals surface area contributed by atoms with Crippen molar-refractivity contribution >= 4 is 35.0 Å². The third kappa shape index (κ3) is 3.24. The quantitative estimate of drug-likeness (QED) is 0.861. The van der Waals surface area contributed by atoms with Gasteiger partial charge in [0.1, 0.15) is 0 Å². The van der Waals surface area contributed by atoms with Crippen LogP contribution in [-0.4, -0.2) is 29.2 Å². The number of amides is 3. The molecule has 0 spiro atoms. The number of nitrogens with one attached hydrogen (secondary N) is 1. The minimum absolute atomic E-state index is 0.0855. The molecule has 2 aliphatic rings. The van der Waals surface area contributed by atoms with Crippen LogP contribution in [0.3, 0.4) is 0 Å². The zero-order chi connectivity index (χ0) is 16.4. The van der Waals surface area contributed by atoms with E-state index in [9.17, 15) is 14.4 Å². The second kappa shape index (κ2) is 6.71. The Kier molecular flexibility index (Phi) is 4.66. The maximum absolute atomic E-state index is 12.3. The van der Waals surface area contributed by atoms with Crippen LogP contribution in [0.1, 0.15) is 32.1 Å². The summed E-state index contributed by atoms with van der Waals surface area (Å²) >= 11 is 5.99. The fourth-order valence-electron chi connectivity index (χ4n) is 3.44. The number of carbonyl (C=O) groups is 3. The van der Waals surface area contributed by atoms with E-state index in [0.717, 1.165) is 25.7 Å². The number of rotatable bonds is 4. The topological polar surface area (TPSA) is 66.5 Å². The second-order valence-electron chi connectivity index (χ2n) is 6.10. The predicted octanol–water partition coefficient (Wildman–Crippen LogP) is 2.84. The van der Waals surface area contributed by atoms with Crippen molar-refractivity contribution in [2.45, 2.75) is 32.1 Å². The number of carbonyl (C=O) groups excluding carboxylic acids is 3. The molecule has 2 unspecified atom stereocenters. The van der Waals surface area contributed by atoms with Gasteiger partial charge in [-0.15, -0.1) is 0 Å². The van der Waals surface area contributed by atoms with Crippen LogP contribution in [0.5, 0.6) is 0 Å². The molecule has 1 aliphatic carbocycles. The molecule has 23 heavy (non-hydrogen) atoms. The Balaban J connectivity index is 1.58. The van der Waals surface area contributed by atoms with Crippen LogP contribution in [0.2, 0.25) is 5.02 Å². The Bertz CT molecular complexity index is 622. The van der Waals surface area contributed by atoms with Gasteiger partial charge in [0, 0.05) is 13.0 Å². The third-order valence-corrected chi connectivity index (χ3v) is 4.97. The van der Waals surface area contributed by atoms with Gasteiger partial charge in [-0.25, -0.2) is 0 Å². The number of imide groups is 1. The van der Waals surface area contributed by atoms with Gasteiger partial charge in [-0.05, 0) is 25.0 Å². The summed E-state index contributed by atoms with van der Waals surface area (Å²) in [7, 11) is 0.